The van der Waals surface area contributed by atoms with Crippen molar-refractivity contribution in [1.82, 2.24) is 4.90 Å². The van der Waals surface area contributed by atoms with E-state index in [0.717, 1.165) is 18.5 Å². The van der Waals surface area contributed by atoms with E-state index in [2.05, 4.69) is 11.8 Å². The number of likely N-dealkylation sites (tertiary alicyclic amines) is 1. The third-order valence-electron chi connectivity index (χ3n) is 4.08. The molecule has 0 aromatic heterocycles. The summed E-state index contributed by atoms with van der Waals surface area (Å²) in [5.41, 5.74) is 0. The quantitative estimate of drug-likeness (QED) is 0.730. The van der Waals surface area contributed by atoms with Gasteiger partial charge in [-0.25, -0.2) is 0 Å². The zero-order valence-corrected chi connectivity index (χ0v) is 9.28. The fourth-order valence-corrected chi connectivity index (χ4v) is 2.95. The Bertz CT molecular complexity index is 175. The van der Waals surface area contributed by atoms with E-state index in [0.29, 0.717) is 12.5 Å². The summed E-state index contributed by atoms with van der Waals surface area (Å²) < 4.78 is 0. The van der Waals surface area contributed by atoms with Crippen LogP contribution in [0.1, 0.15) is 39.0 Å². The Hall–Kier alpha value is -0.0800. The normalized spacial score (nSPS) is 40.3. The van der Waals surface area contributed by atoms with Gasteiger partial charge in [-0.2, -0.15) is 0 Å². The van der Waals surface area contributed by atoms with Crippen molar-refractivity contribution in [3.8, 4) is 0 Å². The molecular formula is C12H23NO. The van der Waals surface area contributed by atoms with Crippen LogP contribution in [0, 0.1) is 11.8 Å². The molecular weight excluding hydrogens is 174 g/mol. The van der Waals surface area contributed by atoms with Crippen LogP contribution >= 0.6 is 0 Å². The van der Waals surface area contributed by atoms with Crippen molar-refractivity contribution < 1.29 is 5.11 Å². The van der Waals surface area contributed by atoms with E-state index < -0.39 is 0 Å². The second-order valence-electron chi connectivity index (χ2n) is 5.25. The zero-order valence-electron chi connectivity index (χ0n) is 9.28. The van der Waals surface area contributed by atoms with Crippen molar-refractivity contribution in [2.45, 2.75) is 45.1 Å². The highest BCUT2D eigenvalue weighted by atomic mass is 16.3. The lowest BCUT2D eigenvalue weighted by atomic mass is 9.87. The molecule has 0 aromatic rings. The predicted octanol–water partition coefficient (Wildman–Crippen LogP) is 1.88. The lowest BCUT2D eigenvalue weighted by Gasteiger charge is -2.33. The molecule has 1 saturated carbocycles. The highest BCUT2D eigenvalue weighted by Crippen LogP contribution is 2.30. The van der Waals surface area contributed by atoms with Crippen LogP contribution in [0.15, 0.2) is 0 Å². The third kappa shape index (κ3) is 2.29. The second kappa shape index (κ2) is 4.63. The first-order valence-electron chi connectivity index (χ1n) is 6.14. The molecule has 82 valence electrons. The van der Waals surface area contributed by atoms with Crippen LogP contribution < -0.4 is 0 Å². The summed E-state index contributed by atoms with van der Waals surface area (Å²) >= 11 is 0. The van der Waals surface area contributed by atoms with E-state index in [1.165, 1.54) is 38.6 Å². The summed E-state index contributed by atoms with van der Waals surface area (Å²) in [4.78, 5) is 2.62. The Morgan fingerprint density at radius 2 is 1.86 bits per heavy atom. The van der Waals surface area contributed by atoms with E-state index in [9.17, 15) is 0 Å². The summed E-state index contributed by atoms with van der Waals surface area (Å²) in [5, 5.41) is 9.10. The molecule has 1 unspecified atom stereocenters. The third-order valence-corrected chi connectivity index (χ3v) is 4.08. The number of aliphatic hydroxyl groups is 1. The monoisotopic (exact) mass is 197 g/mol. The highest BCUT2D eigenvalue weighted by Gasteiger charge is 2.29. The summed E-state index contributed by atoms with van der Waals surface area (Å²) in [5.74, 6) is 1.51. The molecule has 1 aliphatic heterocycles. The molecule has 14 heavy (non-hydrogen) atoms. The highest BCUT2D eigenvalue weighted by molar-refractivity contribution is 4.84. The van der Waals surface area contributed by atoms with Crippen LogP contribution in [0.3, 0.4) is 0 Å². The van der Waals surface area contributed by atoms with Crippen LogP contribution in [-0.2, 0) is 0 Å². The van der Waals surface area contributed by atoms with Crippen LogP contribution in [0.5, 0.6) is 0 Å². The molecule has 2 heteroatoms. The number of hydrogen-bond acceptors (Lipinski definition) is 2. The average Bonchev–Trinajstić information content (AvgIpc) is 2.67. The van der Waals surface area contributed by atoms with Gasteiger partial charge in [-0.05, 0) is 50.5 Å². The van der Waals surface area contributed by atoms with Gasteiger partial charge in [-0.1, -0.05) is 6.92 Å². The van der Waals surface area contributed by atoms with Gasteiger partial charge >= 0.3 is 0 Å². The van der Waals surface area contributed by atoms with Crippen molar-refractivity contribution in [2.75, 3.05) is 19.7 Å². The largest absolute Gasteiger partial charge is 0.396 e. The summed E-state index contributed by atoms with van der Waals surface area (Å²) in [6, 6.07) is 0.836. The topological polar surface area (TPSA) is 23.5 Å². The molecule has 0 amide bonds. The summed E-state index contributed by atoms with van der Waals surface area (Å²) in [6.45, 7) is 5.14. The Morgan fingerprint density at radius 1 is 1.14 bits per heavy atom. The second-order valence-corrected chi connectivity index (χ2v) is 5.25. The molecule has 2 fully saturated rings. The Labute approximate surface area is 87.3 Å². The molecule has 0 bridgehead atoms. The van der Waals surface area contributed by atoms with Crippen molar-refractivity contribution in [3.05, 3.63) is 0 Å². The molecule has 2 aliphatic rings. The van der Waals surface area contributed by atoms with E-state index in [-0.39, 0.29) is 0 Å². The lowest BCUT2D eigenvalue weighted by molar-refractivity contribution is 0.154. The predicted molar refractivity (Wildman–Crippen MR) is 58.2 cm³/mol. The minimum atomic E-state index is 0.389. The molecule has 1 atom stereocenters. The Morgan fingerprint density at radius 3 is 2.43 bits per heavy atom. The number of aliphatic hydroxyl groups excluding tert-OH is 1. The van der Waals surface area contributed by atoms with Crippen LogP contribution in [0.4, 0.5) is 0 Å². The van der Waals surface area contributed by atoms with E-state index in [1.54, 1.807) is 0 Å². The van der Waals surface area contributed by atoms with Crippen molar-refractivity contribution >= 4 is 0 Å². The van der Waals surface area contributed by atoms with Crippen LogP contribution in [-0.4, -0.2) is 35.7 Å². The summed E-state index contributed by atoms with van der Waals surface area (Å²) in [7, 11) is 0. The number of rotatable bonds is 2. The van der Waals surface area contributed by atoms with Gasteiger partial charge in [0.2, 0.25) is 0 Å². The molecule has 0 aromatic carbocycles. The standard InChI is InChI=1S/C12H23NO/c1-10-2-4-12(5-3-10)13-7-6-11(8-13)9-14/h10-12,14H,2-9H2,1H3. The maximum Gasteiger partial charge on any atom is 0.0471 e. The SMILES string of the molecule is CC1CCC(N2CCC(CO)C2)CC1. The van der Waals surface area contributed by atoms with E-state index in [4.69, 9.17) is 5.11 Å². The Kier molecular flexibility index (Phi) is 3.45. The van der Waals surface area contributed by atoms with E-state index in [1.807, 2.05) is 0 Å². The minimum absolute atomic E-state index is 0.389. The Balaban J connectivity index is 1.79. The molecule has 1 N–H and O–H groups in total. The van der Waals surface area contributed by atoms with Gasteiger partial charge in [0.15, 0.2) is 0 Å². The first-order valence-corrected chi connectivity index (χ1v) is 6.14. The van der Waals surface area contributed by atoms with Gasteiger partial charge in [0, 0.05) is 19.2 Å². The number of hydrogen-bond donors (Lipinski definition) is 1. The van der Waals surface area contributed by atoms with E-state index >= 15 is 0 Å². The smallest absolute Gasteiger partial charge is 0.0471 e. The van der Waals surface area contributed by atoms with Gasteiger partial charge < -0.3 is 10.0 Å². The first-order chi connectivity index (χ1) is 6.79. The molecule has 0 radical (unpaired) electrons. The van der Waals surface area contributed by atoms with Crippen LogP contribution in [0.25, 0.3) is 0 Å². The van der Waals surface area contributed by atoms with Crippen molar-refractivity contribution in [2.24, 2.45) is 11.8 Å². The fraction of sp³-hybridized carbons (Fsp3) is 1.00. The summed E-state index contributed by atoms with van der Waals surface area (Å²) in [6.07, 6.45) is 6.80. The lowest BCUT2D eigenvalue weighted by Crippen LogP contribution is -2.36. The molecule has 0 spiro atoms. The molecule has 2 nitrogen and oxygen atoms in total. The molecule has 1 heterocycles. The van der Waals surface area contributed by atoms with Gasteiger partial charge in [0.25, 0.3) is 0 Å². The zero-order chi connectivity index (χ0) is 9.97. The number of nitrogens with zero attached hydrogens (tertiary/aromatic N) is 1. The molecule has 2 rings (SSSR count). The van der Waals surface area contributed by atoms with Crippen molar-refractivity contribution in [1.29, 1.82) is 0 Å². The molecule has 1 aliphatic carbocycles. The maximum absolute atomic E-state index is 9.10. The van der Waals surface area contributed by atoms with Gasteiger partial charge in [0.05, 0.1) is 0 Å². The van der Waals surface area contributed by atoms with Crippen LogP contribution in [0.2, 0.25) is 0 Å². The fourth-order valence-electron chi connectivity index (χ4n) is 2.95. The van der Waals surface area contributed by atoms with Gasteiger partial charge in [0.1, 0.15) is 0 Å². The minimum Gasteiger partial charge on any atom is -0.396 e. The molecule has 1 saturated heterocycles. The maximum atomic E-state index is 9.10. The van der Waals surface area contributed by atoms with Gasteiger partial charge in [-0.15, -0.1) is 0 Å². The van der Waals surface area contributed by atoms with Crippen molar-refractivity contribution in [3.63, 3.8) is 0 Å². The average molecular weight is 197 g/mol. The first kappa shape index (κ1) is 10.4. The van der Waals surface area contributed by atoms with Gasteiger partial charge in [-0.3, -0.25) is 0 Å².